The number of benzene rings is 1. The molecule has 98 valence electrons. The summed E-state index contributed by atoms with van der Waals surface area (Å²) in [5.74, 6) is 0.215. The van der Waals surface area contributed by atoms with Crippen molar-refractivity contribution >= 4 is 11.7 Å². The highest BCUT2D eigenvalue weighted by molar-refractivity contribution is 5.92. The second-order valence-corrected chi connectivity index (χ2v) is 4.12. The number of amidine groups is 1. The van der Waals surface area contributed by atoms with E-state index < -0.39 is 0 Å². The van der Waals surface area contributed by atoms with E-state index in [9.17, 15) is 4.39 Å². The molecule has 5 nitrogen and oxygen atoms in total. The number of rotatable bonds is 4. The molecule has 1 heterocycles. The Balaban J connectivity index is 2.14. The molecule has 3 N–H and O–H groups in total. The molecule has 6 heteroatoms. The summed E-state index contributed by atoms with van der Waals surface area (Å²) in [6.07, 6.45) is 2.94. The average molecular weight is 259 g/mol. The fourth-order valence-corrected chi connectivity index (χ4v) is 1.62. The van der Waals surface area contributed by atoms with Gasteiger partial charge in [0.25, 0.3) is 0 Å². The number of halogens is 1. The molecule has 0 saturated carbocycles. The van der Waals surface area contributed by atoms with Crippen molar-refractivity contribution in [2.45, 2.75) is 6.54 Å². The monoisotopic (exact) mass is 259 g/mol. The molecular weight excluding hydrogens is 245 g/mol. The van der Waals surface area contributed by atoms with Crippen molar-refractivity contribution in [1.29, 1.82) is 5.41 Å². The maximum atomic E-state index is 13.5. The van der Waals surface area contributed by atoms with Gasteiger partial charge in [0, 0.05) is 19.2 Å². The van der Waals surface area contributed by atoms with Gasteiger partial charge in [-0.3, -0.25) is 5.41 Å². The standard InChI is InChI=1S/C13H14FN5/c1-19(8-9-4-2-3-5-10(9)14)12-7-17-11(6-18-12)13(15)16/h2-7H,8H2,1H3,(H3,15,16). The van der Waals surface area contributed by atoms with E-state index in [1.54, 1.807) is 30.1 Å². The van der Waals surface area contributed by atoms with E-state index in [1.165, 1.54) is 18.5 Å². The number of aromatic nitrogens is 2. The van der Waals surface area contributed by atoms with E-state index in [2.05, 4.69) is 9.97 Å². The lowest BCUT2D eigenvalue weighted by Gasteiger charge is -2.18. The van der Waals surface area contributed by atoms with Gasteiger partial charge in [-0.2, -0.15) is 0 Å². The minimum absolute atomic E-state index is 0.129. The van der Waals surface area contributed by atoms with E-state index in [0.29, 0.717) is 23.6 Å². The Kier molecular flexibility index (Phi) is 3.70. The van der Waals surface area contributed by atoms with Gasteiger partial charge in [0.1, 0.15) is 23.2 Å². The lowest BCUT2D eigenvalue weighted by Crippen LogP contribution is -2.20. The number of hydrogen-bond acceptors (Lipinski definition) is 4. The smallest absolute Gasteiger partial charge is 0.147 e. The number of nitrogen functional groups attached to an aromatic ring is 1. The van der Waals surface area contributed by atoms with Crippen LogP contribution in [0.1, 0.15) is 11.3 Å². The number of hydrogen-bond donors (Lipinski definition) is 2. The Morgan fingerprint density at radius 1 is 1.32 bits per heavy atom. The van der Waals surface area contributed by atoms with Crippen LogP contribution in [-0.2, 0) is 6.54 Å². The zero-order valence-electron chi connectivity index (χ0n) is 10.5. The van der Waals surface area contributed by atoms with Crippen molar-refractivity contribution < 1.29 is 4.39 Å². The quantitative estimate of drug-likeness (QED) is 0.644. The maximum Gasteiger partial charge on any atom is 0.147 e. The van der Waals surface area contributed by atoms with E-state index in [-0.39, 0.29) is 11.7 Å². The summed E-state index contributed by atoms with van der Waals surface area (Å²) in [5, 5.41) is 7.23. The van der Waals surface area contributed by atoms with Crippen LogP contribution in [0.2, 0.25) is 0 Å². The van der Waals surface area contributed by atoms with Crippen LogP contribution in [0.15, 0.2) is 36.7 Å². The van der Waals surface area contributed by atoms with Gasteiger partial charge in [-0.05, 0) is 6.07 Å². The summed E-state index contributed by atoms with van der Waals surface area (Å²) < 4.78 is 13.5. The number of nitrogens with zero attached hydrogens (tertiary/aromatic N) is 3. The molecule has 0 aliphatic rings. The predicted octanol–water partition coefficient (Wildman–Crippen LogP) is 1.54. The first-order valence-corrected chi connectivity index (χ1v) is 5.69. The molecule has 0 aliphatic heterocycles. The molecule has 0 aliphatic carbocycles. The first kappa shape index (κ1) is 12.9. The van der Waals surface area contributed by atoms with Crippen molar-refractivity contribution in [3.63, 3.8) is 0 Å². The zero-order valence-corrected chi connectivity index (χ0v) is 10.5. The summed E-state index contributed by atoms with van der Waals surface area (Å²) in [4.78, 5) is 9.93. The van der Waals surface area contributed by atoms with Crippen molar-refractivity contribution in [3.8, 4) is 0 Å². The van der Waals surface area contributed by atoms with Crippen molar-refractivity contribution in [1.82, 2.24) is 9.97 Å². The molecule has 0 radical (unpaired) electrons. The molecule has 0 bridgehead atoms. The topological polar surface area (TPSA) is 78.9 Å². The third-order valence-electron chi connectivity index (χ3n) is 2.67. The Morgan fingerprint density at radius 3 is 2.63 bits per heavy atom. The largest absolute Gasteiger partial charge is 0.382 e. The third-order valence-corrected chi connectivity index (χ3v) is 2.67. The van der Waals surface area contributed by atoms with Crippen molar-refractivity contribution in [3.05, 3.63) is 53.7 Å². The number of nitrogens with one attached hydrogen (secondary N) is 1. The summed E-state index contributed by atoms with van der Waals surface area (Å²) in [5.41, 5.74) is 6.21. The van der Waals surface area contributed by atoms with Crippen LogP contribution in [0.25, 0.3) is 0 Å². The SMILES string of the molecule is CN(Cc1ccccc1F)c1cnc(C(=N)N)cn1. The van der Waals surface area contributed by atoms with Crippen LogP contribution >= 0.6 is 0 Å². The Labute approximate surface area is 110 Å². The third kappa shape index (κ3) is 3.04. The summed E-state index contributed by atoms with van der Waals surface area (Å²) >= 11 is 0. The highest BCUT2D eigenvalue weighted by Crippen LogP contribution is 2.13. The van der Waals surface area contributed by atoms with E-state index in [1.807, 2.05) is 0 Å². The first-order chi connectivity index (χ1) is 9.08. The molecule has 0 amide bonds. The minimum Gasteiger partial charge on any atom is -0.382 e. The molecule has 2 aromatic rings. The van der Waals surface area contributed by atoms with Gasteiger partial charge < -0.3 is 10.6 Å². The van der Waals surface area contributed by atoms with Gasteiger partial charge in [-0.15, -0.1) is 0 Å². The van der Waals surface area contributed by atoms with E-state index in [4.69, 9.17) is 11.1 Å². The number of anilines is 1. The first-order valence-electron chi connectivity index (χ1n) is 5.69. The van der Waals surface area contributed by atoms with Gasteiger partial charge in [-0.25, -0.2) is 14.4 Å². The van der Waals surface area contributed by atoms with Crippen LogP contribution < -0.4 is 10.6 Å². The van der Waals surface area contributed by atoms with Gasteiger partial charge in [0.05, 0.1) is 12.4 Å². The van der Waals surface area contributed by atoms with Crippen LogP contribution in [0, 0.1) is 11.2 Å². The second-order valence-electron chi connectivity index (χ2n) is 4.12. The normalized spacial score (nSPS) is 10.2. The van der Waals surface area contributed by atoms with E-state index >= 15 is 0 Å². The molecule has 0 fully saturated rings. The summed E-state index contributed by atoms with van der Waals surface area (Å²) in [7, 11) is 1.80. The number of nitrogens with two attached hydrogens (primary N) is 1. The van der Waals surface area contributed by atoms with E-state index in [0.717, 1.165) is 0 Å². The van der Waals surface area contributed by atoms with Crippen LogP contribution in [0.5, 0.6) is 0 Å². The molecule has 0 saturated heterocycles. The average Bonchev–Trinajstić information content (AvgIpc) is 2.41. The molecule has 0 unspecified atom stereocenters. The molecule has 1 aromatic carbocycles. The Hall–Kier alpha value is -2.50. The second kappa shape index (κ2) is 5.43. The molecule has 2 rings (SSSR count). The van der Waals surface area contributed by atoms with Crippen molar-refractivity contribution in [2.75, 3.05) is 11.9 Å². The van der Waals surface area contributed by atoms with Crippen LogP contribution in [-0.4, -0.2) is 22.9 Å². The maximum absolute atomic E-state index is 13.5. The lowest BCUT2D eigenvalue weighted by atomic mass is 10.2. The van der Waals surface area contributed by atoms with Gasteiger partial charge >= 0.3 is 0 Å². The zero-order chi connectivity index (χ0) is 13.8. The molecule has 0 spiro atoms. The fourth-order valence-electron chi connectivity index (χ4n) is 1.62. The Morgan fingerprint density at radius 2 is 2.05 bits per heavy atom. The molecule has 19 heavy (non-hydrogen) atoms. The Bertz CT molecular complexity index is 582. The van der Waals surface area contributed by atoms with Gasteiger partial charge in [-0.1, -0.05) is 18.2 Å². The van der Waals surface area contributed by atoms with Gasteiger partial charge in [0.15, 0.2) is 0 Å². The molecular formula is C13H14FN5. The van der Waals surface area contributed by atoms with Gasteiger partial charge in [0.2, 0.25) is 0 Å². The summed E-state index contributed by atoms with van der Waals surface area (Å²) in [6, 6.07) is 6.59. The predicted molar refractivity (Wildman–Crippen MR) is 71.6 cm³/mol. The minimum atomic E-state index is -0.248. The fraction of sp³-hybridized carbons (Fsp3) is 0.154. The molecule has 1 aromatic heterocycles. The van der Waals surface area contributed by atoms with Crippen LogP contribution in [0.3, 0.4) is 0 Å². The van der Waals surface area contributed by atoms with Crippen molar-refractivity contribution in [2.24, 2.45) is 5.73 Å². The highest BCUT2D eigenvalue weighted by Gasteiger charge is 2.08. The summed E-state index contributed by atoms with van der Waals surface area (Å²) in [6.45, 7) is 0.390. The molecule has 0 atom stereocenters. The van der Waals surface area contributed by atoms with Crippen LogP contribution in [0.4, 0.5) is 10.2 Å². The lowest BCUT2D eigenvalue weighted by molar-refractivity contribution is 0.607. The highest BCUT2D eigenvalue weighted by atomic mass is 19.1.